The molecule has 17 heavy (non-hydrogen) atoms. The van der Waals surface area contributed by atoms with Crippen LogP contribution in [0.3, 0.4) is 0 Å². The second kappa shape index (κ2) is 5.11. The van der Waals surface area contributed by atoms with Crippen molar-refractivity contribution in [1.82, 2.24) is 9.97 Å². The van der Waals surface area contributed by atoms with Crippen LogP contribution in [0, 0.1) is 0 Å². The Hall–Kier alpha value is -1.66. The van der Waals surface area contributed by atoms with E-state index in [1.165, 1.54) is 6.20 Å². The minimum Gasteiger partial charge on any atom is -0.438 e. The summed E-state index contributed by atoms with van der Waals surface area (Å²) in [5.41, 5.74) is 6.24. The first kappa shape index (κ1) is 11.8. The molecule has 0 saturated heterocycles. The molecule has 1 heterocycles. The summed E-state index contributed by atoms with van der Waals surface area (Å²) < 4.78 is 6.16. The molecule has 0 unspecified atom stereocenters. The number of nitrogen functional groups attached to an aromatic ring is 1. The van der Waals surface area contributed by atoms with Crippen LogP contribution >= 0.6 is 15.9 Å². The van der Waals surface area contributed by atoms with Gasteiger partial charge in [0.15, 0.2) is 0 Å². The molecule has 2 rings (SSSR count). The first-order valence-corrected chi connectivity index (χ1v) is 5.64. The number of hydrogen-bond acceptors (Lipinski definition) is 5. The number of hydrogen-bond donors (Lipinski definition) is 2. The van der Waals surface area contributed by atoms with Gasteiger partial charge in [0, 0.05) is 0 Å². The van der Waals surface area contributed by atoms with Gasteiger partial charge in [-0.05, 0) is 33.6 Å². The molecule has 5 nitrogen and oxygen atoms in total. The number of rotatable bonds is 3. The van der Waals surface area contributed by atoms with Crippen LogP contribution in [0.4, 0.5) is 5.95 Å². The Morgan fingerprint density at radius 3 is 3.00 bits per heavy atom. The van der Waals surface area contributed by atoms with Crippen LogP contribution in [-0.2, 0) is 6.61 Å². The van der Waals surface area contributed by atoms with E-state index in [-0.39, 0.29) is 12.6 Å². The highest BCUT2D eigenvalue weighted by atomic mass is 79.9. The van der Waals surface area contributed by atoms with Crippen LogP contribution in [0.2, 0.25) is 0 Å². The van der Waals surface area contributed by atoms with E-state index in [0.717, 1.165) is 5.56 Å². The molecule has 0 radical (unpaired) electrons. The first-order chi connectivity index (χ1) is 8.19. The fraction of sp³-hybridized carbons (Fsp3) is 0.0909. The molecule has 0 aliphatic rings. The number of nitrogens with two attached hydrogens (primary N) is 1. The summed E-state index contributed by atoms with van der Waals surface area (Å²) >= 11 is 3.27. The summed E-state index contributed by atoms with van der Waals surface area (Å²) in [6, 6.07) is 7.09. The number of halogens is 1. The molecule has 2 aromatic rings. The maximum Gasteiger partial charge on any atom is 0.238 e. The summed E-state index contributed by atoms with van der Waals surface area (Å²) in [5.74, 6) is 1.06. The average molecular weight is 296 g/mol. The highest BCUT2D eigenvalue weighted by Gasteiger charge is 2.06. The number of nitrogens with zero attached hydrogens (tertiary/aromatic N) is 2. The molecule has 0 amide bonds. The lowest BCUT2D eigenvalue weighted by atomic mass is 10.2. The van der Waals surface area contributed by atoms with Gasteiger partial charge in [-0.2, -0.15) is 4.98 Å². The average Bonchev–Trinajstić information content (AvgIpc) is 2.34. The van der Waals surface area contributed by atoms with Crippen LogP contribution in [0.1, 0.15) is 5.56 Å². The van der Waals surface area contributed by atoms with E-state index in [4.69, 9.17) is 15.6 Å². The first-order valence-electron chi connectivity index (χ1n) is 4.84. The molecule has 6 heteroatoms. The van der Waals surface area contributed by atoms with Crippen molar-refractivity contribution in [2.45, 2.75) is 6.61 Å². The van der Waals surface area contributed by atoms with Gasteiger partial charge >= 0.3 is 0 Å². The third-order valence-corrected chi connectivity index (χ3v) is 2.57. The molecule has 1 aromatic heterocycles. The minimum absolute atomic E-state index is 0.0374. The number of ether oxygens (including phenoxy) is 1. The Morgan fingerprint density at radius 2 is 2.24 bits per heavy atom. The van der Waals surface area contributed by atoms with Gasteiger partial charge < -0.3 is 15.6 Å². The zero-order valence-electron chi connectivity index (χ0n) is 8.80. The molecular weight excluding hydrogens is 286 g/mol. The highest BCUT2D eigenvalue weighted by molar-refractivity contribution is 9.10. The van der Waals surface area contributed by atoms with E-state index in [2.05, 4.69) is 25.9 Å². The van der Waals surface area contributed by atoms with E-state index < -0.39 is 0 Å². The maximum atomic E-state index is 9.02. The quantitative estimate of drug-likeness (QED) is 0.906. The predicted octanol–water partition coefficient (Wildman–Crippen LogP) is 2.11. The van der Waals surface area contributed by atoms with Crippen LogP contribution in [0.25, 0.3) is 0 Å². The molecule has 0 atom stereocenters. The van der Waals surface area contributed by atoms with Crippen molar-refractivity contribution in [2.24, 2.45) is 0 Å². The topological polar surface area (TPSA) is 81.3 Å². The number of aliphatic hydroxyl groups is 1. The Labute approximate surface area is 106 Å². The normalized spacial score (nSPS) is 10.2. The number of aliphatic hydroxyl groups excluding tert-OH is 1. The van der Waals surface area contributed by atoms with Gasteiger partial charge in [0.1, 0.15) is 5.75 Å². The Morgan fingerprint density at radius 1 is 1.41 bits per heavy atom. The lowest BCUT2D eigenvalue weighted by Crippen LogP contribution is -1.97. The third kappa shape index (κ3) is 2.92. The minimum atomic E-state index is -0.0374. The van der Waals surface area contributed by atoms with E-state index >= 15 is 0 Å². The van der Waals surface area contributed by atoms with Crippen molar-refractivity contribution in [3.8, 4) is 11.6 Å². The van der Waals surface area contributed by atoms with Crippen LogP contribution < -0.4 is 10.5 Å². The molecule has 1 aromatic carbocycles. The van der Waals surface area contributed by atoms with Gasteiger partial charge in [0.05, 0.1) is 17.3 Å². The Kier molecular flexibility index (Phi) is 3.55. The van der Waals surface area contributed by atoms with E-state index in [0.29, 0.717) is 16.1 Å². The summed E-state index contributed by atoms with van der Waals surface area (Å²) in [7, 11) is 0. The molecular formula is C11H10BrN3O2. The summed E-state index contributed by atoms with van der Waals surface area (Å²) in [4.78, 5) is 7.77. The molecule has 0 aliphatic carbocycles. The van der Waals surface area contributed by atoms with E-state index in [1.54, 1.807) is 24.3 Å². The summed E-state index contributed by atoms with van der Waals surface area (Å²) in [6.07, 6.45) is 1.52. The standard InChI is InChI=1S/C11H10BrN3O2/c12-9-5-14-11(13)15-10(9)17-8-3-1-2-7(4-8)6-16/h1-5,16H,6H2,(H2,13,14,15). The number of aromatic nitrogens is 2. The zero-order valence-corrected chi connectivity index (χ0v) is 10.4. The Balaban J connectivity index is 2.27. The molecule has 88 valence electrons. The predicted molar refractivity (Wildman–Crippen MR) is 66.6 cm³/mol. The van der Waals surface area contributed by atoms with Gasteiger partial charge in [-0.1, -0.05) is 12.1 Å². The summed E-state index contributed by atoms with van der Waals surface area (Å²) in [6.45, 7) is -0.0374. The SMILES string of the molecule is Nc1ncc(Br)c(Oc2cccc(CO)c2)n1. The lowest BCUT2D eigenvalue weighted by molar-refractivity contribution is 0.281. The molecule has 0 saturated carbocycles. The van der Waals surface area contributed by atoms with Gasteiger partial charge in [-0.3, -0.25) is 0 Å². The highest BCUT2D eigenvalue weighted by Crippen LogP contribution is 2.27. The van der Waals surface area contributed by atoms with Gasteiger partial charge in [0.2, 0.25) is 11.8 Å². The van der Waals surface area contributed by atoms with Crippen LogP contribution in [0.15, 0.2) is 34.9 Å². The van der Waals surface area contributed by atoms with Crippen molar-refractivity contribution in [3.05, 3.63) is 40.5 Å². The van der Waals surface area contributed by atoms with Crippen molar-refractivity contribution in [2.75, 3.05) is 5.73 Å². The number of benzene rings is 1. The van der Waals surface area contributed by atoms with E-state index in [9.17, 15) is 0 Å². The van der Waals surface area contributed by atoms with Crippen LogP contribution in [0.5, 0.6) is 11.6 Å². The number of anilines is 1. The monoisotopic (exact) mass is 295 g/mol. The van der Waals surface area contributed by atoms with E-state index in [1.807, 2.05) is 0 Å². The van der Waals surface area contributed by atoms with Crippen LogP contribution in [-0.4, -0.2) is 15.1 Å². The molecule has 3 N–H and O–H groups in total. The maximum absolute atomic E-state index is 9.02. The molecule has 0 spiro atoms. The molecule has 0 bridgehead atoms. The second-order valence-corrected chi connectivity index (χ2v) is 4.14. The van der Waals surface area contributed by atoms with Crippen molar-refractivity contribution < 1.29 is 9.84 Å². The fourth-order valence-corrected chi connectivity index (χ4v) is 1.53. The van der Waals surface area contributed by atoms with Gasteiger partial charge in [-0.15, -0.1) is 0 Å². The van der Waals surface area contributed by atoms with Crippen molar-refractivity contribution >= 4 is 21.9 Å². The Bertz CT molecular complexity index is 534. The van der Waals surface area contributed by atoms with Gasteiger partial charge in [0.25, 0.3) is 0 Å². The third-order valence-electron chi connectivity index (χ3n) is 2.03. The smallest absolute Gasteiger partial charge is 0.238 e. The van der Waals surface area contributed by atoms with Gasteiger partial charge in [-0.25, -0.2) is 4.98 Å². The fourth-order valence-electron chi connectivity index (χ4n) is 1.25. The zero-order chi connectivity index (χ0) is 12.3. The lowest BCUT2D eigenvalue weighted by Gasteiger charge is -2.07. The summed E-state index contributed by atoms with van der Waals surface area (Å²) in [5, 5.41) is 9.02. The largest absolute Gasteiger partial charge is 0.438 e. The molecule has 0 aliphatic heterocycles. The second-order valence-electron chi connectivity index (χ2n) is 3.29. The van der Waals surface area contributed by atoms with Crippen molar-refractivity contribution in [1.29, 1.82) is 0 Å². The molecule has 0 fully saturated rings. The van der Waals surface area contributed by atoms with Crippen molar-refractivity contribution in [3.63, 3.8) is 0 Å².